The third kappa shape index (κ3) is 4.70. The minimum atomic E-state index is -3.37. The van der Waals surface area contributed by atoms with E-state index in [0.29, 0.717) is 32.6 Å². The van der Waals surface area contributed by atoms with E-state index in [4.69, 9.17) is 4.52 Å². The minimum absolute atomic E-state index is 0.133. The highest BCUT2D eigenvalue weighted by molar-refractivity contribution is 7.88. The van der Waals surface area contributed by atoms with Crippen molar-refractivity contribution in [2.24, 2.45) is 0 Å². The highest BCUT2D eigenvalue weighted by Crippen LogP contribution is 2.25. The Morgan fingerprint density at radius 3 is 2.57 bits per heavy atom. The fraction of sp³-hybridized carbons (Fsp3) is 0.706. The largest absolute Gasteiger partial charge is 0.361 e. The summed E-state index contributed by atoms with van der Waals surface area (Å²) < 4.78 is 31.0. The molecule has 0 unspecified atom stereocenters. The molecule has 2 amide bonds. The quantitative estimate of drug-likeness (QED) is 0.643. The summed E-state index contributed by atoms with van der Waals surface area (Å²) in [4.78, 5) is 28.4. The lowest BCUT2D eigenvalue weighted by atomic mass is 10.1. The van der Waals surface area contributed by atoms with Crippen LogP contribution in [0, 0.1) is 13.8 Å². The maximum atomic E-state index is 13.0. The summed E-state index contributed by atoms with van der Waals surface area (Å²) in [5.41, 5.74) is 1.76. The van der Waals surface area contributed by atoms with E-state index in [2.05, 4.69) is 20.1 Å². The van der Waals surface area contributed by atoms with E-state index < -0.39 is 16.1 Å². The first-order chi connectivity index (χ1) is 13.0. The van der Waals surface area contributed by atoms with Crippen molar-refractivity contribution in [2.75, 3.05) is 25.9 Å². The Morgan fingerprint density at radius 1 is 1.29 bits per heavy atom. The summed E-state index contributed by atoms with van der Waals surface area (Å²) in [7, 11) is -3.37. The lowest BCUT2D eigenvalue weighted by Crippen LogP contribution is -2.51. The van der Waals surface area contributed by atoms with Crippen LogP contribution in [-0.2, 0) is 26.2 Å². The predicted octanol–water partition coefficient (Wildman–Crippen LogP) is -0.870. The molecule has 2 N–H and O–H groups in total. The standard InChI is InChI=1S/C17H27N5O5S/c1-10-15(11(2)27-19-10)8-21-7-14-5-13(20-28(4,25)26)6-22(14)17(24)16(9-21)18-12(3)23/h13-14,16,20H,5-9H2,1-4H3,(H,18,23)/t13-,14-,16-/m0/s1. The van der Waals surface area contributed by atoms with Crippen LogP contribution in [0.25, 0.3) is 0 Å². The second kappa shape index (κ2) is 7.80. The number of sulfonamides is 1. The van der Waals surface area contributed by atoms with Gasteiger partial charge in [0.2, 0.25) is 21.8 Å². The van der Waals surface area contributed by atoms with E-state index in [9.17, 15) is 18.0 Å². The molecular weight excluding hydrogens is 386 g/mol. The highest BCUT2D eigenvalue weighted by Gasteiger charge is 2.43. The number of carbonyl (C=O) groups is 2. The Kier molecular flexibility index (Phi) is 5.78. The van der Waals surface area contributed by atoms with Gasteiger partial charge in [0.1, 0.15) is 11.8 Å². The summed E-state index contributed by atoms with van der Waals surface area (Å²) in [5.74, 6) is 0.266. The molecule has 1 aromatic rings. The molecule has 0 spiro atoms. The lowest BCUT2D eigenvalue weighted by Gasteiger charge is -2.25. The van der Waals surface area contributed by atoms with Crippen LogP contribution >= 0.6 is 0 Å². The topological polar surface area (TPSA) is 125 Å². The molecule has 11 heteroatoms. The summed E-state index contributed by atoms with van der Waals surface area (Å²) in [6.45, 7) is 6.89. The van der Waals surface area contributed by atoms with Gasteiger partial charge in [-0.1, -0.05) is 5.16 Å². The van der Waals surface area contributed by atoms with Gasteiger partial charge in [-0.15, -0.1) is 0 Å². The third-order valence-corrected chi connectivity index (χ3v) is 5.99. The van der Waals surface area contributed by atoms with Crippen LogP contribution in [0.2, 0.25) is 0 Å². The number of nitrogens with zero attached hydrogens (tertiary/aromatic N) is 3. The maximum Gasteiger partial charge on any atom is 0.246 e. The van der Waals surface area contributed by atoms with Crippen molar-refractivity contribution in [3.8, 4) is 0 Å². The first-order valence-electron chi connectivity index (χ1n) is 9.22. The molecule has 2 aliphatic heterocycles. The van der Waals surface area contributed by atoms with E-state index in [-0.39, 0.29) is 23.9 Å². The van der Waals surface area contributed by atoms with Gasteiger partial charge in [0.25, 0.3) is 0 Å². The van der Waals surface area contributed by atoms with Gasteiger partial charge < -0.3 is 14.7 Å². The monoisotopic (exact) mass is 413 g/mol. The fourth-order valence-corrected chi connectivity index (χ4v) is 4.87. The van der Waals surface area contributed by atoms with Crippen molar-refractivity contribution in [3.63, 3.8) is 0 Å². The lowest BCUT2D eigenvalue weighted by molar-refractivity contribution is -0.135. The van der Waals surface area contributed by atoms with Crippen molar-refractivity contribution < 1.29 is 22.5 Å². The molecule has 3 atom stereocenters. The summed E-state index contributed by atoms with van der Waals surface area (Å²) in [5, 5.41) is 6.72. The van der Waals surface area contributed by atoms with Crippen LogP contribution in [0.1, 0.15) is 30.4 Å². The van der Waals surface area contributed by atoms with Crippen LogP contribution in [0.4, 0.5) is 0 Å². The van der Waals surface area contributed by atoms with Crippen molar-refractivity contribution in [1.29, 1.82) is 0 Å². The van der Waals surface area contributed by atoms with Gasteiger partial charge >= 0.3 is 0 Å². The van der Waals surface area contributed by atoms with Gasteiger partial charge in [-0.05, 0) is 20.3 Å². The zero-order valence-electron chi connectivity index (χ0n) is 16.6. The Hall–Kier alpha value is -1.98. The van der Waals surface area contributed by atoms with Gasteiger partial charge in [-0.2, -0.15) is 0 Å². The number of rotatable bonds is 5. The number of hydrogen-bond acceptors (Lipinski definition) is 7. The highest BCUT2D eigenvalue weighted by atomic mass is 32.2. The average molecular weight is 414 g/mol. The van der Waals surface area contributed by atoms with Crippen LogP contribution in [0.5, 0.6) is 0 Å². The van der Waals surface area contributed by atoms with E-state index in [0.717, 1.165) is 23.3 Å². The summed E-state index contributed by atoms with van der Waals surface area (Å²) in [6.07, 6.45) is 1.64. The van der Waals surface area contributed by atoms with Crippen LogP contribution in [0.15, 0.2) is 4.52 Å². The number of amides is 2. The van der Waals surface area contributed by atoms with Gasteiger partial charge in [-0.3, -0.25) is 14.5 Å². The van der Waals surface area contributed by atoms with Crippen molar-refractivity contribution in [2.45, 2.75) is 51.9 Å². The van der Waals surface area contributed by atoms with Gasteiger partial charge in [0, 0.05) is 50.7 Å². The SMILES string of the molecule is CC(=O)N[C@H]1CN(Cc2c(C)noc2C)C[C@@H]2C[C@H](NS(C)(=O)=O)CN2C1=O. The molecule has 10 nitrogen and oxygen atoms in total. The maximum absolute atomic E-state index is 13.0. The zero-order chi connectivity index (χ0) is 20.6. The molecule has 3 rings (SSSR count). The van der Waals surface area contributed by atoms with Gasteiger partial charge in [0.05, 0.1) is 11.9 Å². The van der Waals surface area contributed by atoms with E-state index in [1.165, 1.54) is 6.92 Å². The third-order valence-electron chi connectivity index (χ3n) is 5.23. The molecular formula is C17H27N5O5S. The van der Waals surface area contributed by atoms with Crippen molar-refractivity contribution in [3.05, 3.63) is 17.0 Å². The first kappa shape index (κ1) is 20.7. The molecule has 28 heavy (non-hydrogen) atoms. The average Bonchev–Trinajstić information content (AvgIpc) is 3.05. The number of hydrogen-bond donors (Lipinski definition) is 2. The predicted molar refractivity (Wildman–Crippen MR) is 101 cm³/mol. The second-order valence-corrected chi connectivity index (χ2v) is 9.50. The molecule has 0 aromatic carbocycles. The van der Waals surface area contributed by atoms with Gasteiger partial charge in [-0.25, -0.2) is 13.1 Å². The van der Waals surface area contributed by atoms with Crippen molar-refractivity contribution in [1.82, 2.24) is 25.0 Å². The Bertz CT molecular complexity index is 848. The van der Waals surface area contributed by atoms with Crippen LogP contribution in [0.3, 0.4) is 0 Å². The molecule has 3 heterocycles. The molecule has 2 aliphatic rings. The Labute approximate surface area is 164 Å². The number of nitrogens with one attached hydrogen (secondary N) is 2. The molecule has 1 aromatic heterocycles. The Morgan fingerprint density at radius 2 is 2.00 bits per heavy atom. The normalized spacial score (nSPS) is 26.2. The molecule has 0 bridgehead atoms. The van der Waals surface area contributed by atoms with E-state index in [1.54, 1.807) is 4.90 Å². The smallest absolute Gasteiger partial charge is 0.246 e. The summed E-state index contributed by atoms with van der Waals surface area (Å²) >= 11 is 0. The molecule has 0 aliphatic carbocycles. The van der Waals surface area contributed by atoms with E-state index in [1.807, 2.05) is 13.8 Å². The molecule has 156 valence electrons. The first-order valence-corrected chi connectivity index (χ1v) is 11.1. The van der Waals surface area contributed by atoms with Crippen LogP contribution < -0.4 is 10.0 Å². The second-order valence-electron chi connectivity index (χ2n) is 7.72. The molecule has 2 saturated heterocycles. The Balaban J connectivity index is 1.83. The van der Waals surface area contributed by atoms with Crippen LogP contribution in [-0.4, -0.2) is 79.2 Å². The molecule has 0 radical (unpaired) electrons. The molecule has 0 saturated carbocycles. The number of aromatic nitrogens is 1. The van der Waals surface area contributed by atoms with E-state index >= 15 is 0 Å². The summed E-state index contributed by atoms with van der Waals surface area (Å²) in [6, 6.07) is -1.15. The number of fused-ring (bicyclic) bond motifs is 1. The molecule has 2 fully saturated rings. The van der Waals surface area contributed by atoms with Gasteiger partial charge in [0.15, 0.2) is 0 Å². The van der Waals surface area contributed by atoms with Crippen molar-refractivity contribution >= 4 is 21.8 Å². The number of aryl methyl sites for hydroxylation is 2. The fourth-order valence-electron chi connectivity index (χ4n) is 4.09. The number of carbonyl (C=O) groups excluding carboxylic acids is 2. The minimum Gasteiger partial charge on any atom is -0.361 e. The zero-order valence-corrected chi connectivity index (χ0v) is 17.4.